The lowest BCUT2D eigenvalue weighted by atomic mass is 10.2. The average molecular weight is 361 g/mol. The minimum Gasteiger partial charge on any atom is -0.497 e. The van der Waals surface area contributed by atoms with Crippen molar-refractivity contribution in [3.63, 3.8) is 0 Å². The van der Waals surface area contributed by atoms with Crippen LogP contribution in [0.15, 0.2) is 42.6 Å². The van der Waals surface area contributed by atoms with E-state index in [-0.39, 0.29) is 23.5 Å². The summed E-state index contributed by atoms with van der Waals surface area (Å²) < 4.78 is 28.2. The number of benzene rings is 1. The van der Waals surface area contributed by atoms with Gasteiger partial charge in [0.15, 0.2) is 9.84 Å². The average Bonchev–Trinajstić information content (AvgIpc) is 2.93. The largest absolute Gasteiger partial charge is 0.497 e. The van der Waals surface area contributed by atoms with Crippen LogP contribution in [-0.2, 0) is 9.84 Å². The molecular weight excluding hydrogens is 342 g/mol. The van der Waals surface area contributed by atoms with Gasteiger partial charge in [0.1, 0.15) is 11.6 Å². The molecule has 2 N–H and O–H groups in total. The summed E-state index contributed by atoms with van der Waals surface area (Å²) in [7, 11) is -1.41. The molecule has 1 aliphatic rings. The smallest absolute Gasteiger partial charge is 0.255 e. The number of nitrogens with zero attached hydrogens (tertiary/aromatic N) is 1. The minimum atomic E-state index is -2.97. The first-order chi connectivity index (χ1) is 11.9. The number of carbonyl (C=O) groups excluding carboxylic acids is 1. The molecule has 132 valence electrons. The molecule has 3 rings (SSSR count). The van der Waals surface area contributed by atoms with Crippen LogP contribution in [0.4, 0.5) is 11.5 Å². The lowest BCUT2D eigenvalue weighted by Gasteiger charge is -2.12. The van der Waals surface area contributed by atoms with E-state index in [1.54, 1.807) is 43.5 Å². The second-order valence-corrected chi connectivity index (χ2v) is 8.09. The third kappa shape index (κ3) is 4.48. The van der Waals surface area contributed by atoms with E-state index in [1.165, 1.54) is 6.20 Å². The van der Waals surface area contributed by atoms with Gasteiger partial charge in [0.2, 0.25) is 0 Å². The summed E-state index contributed by atoms with van der Waals surface area (Å²) in [6, 6.07) is 10.1. The molecule has 0 radical (unpaired) electrons. The highest BCUT2D eigenvalue weighted by atomic mass is 32.2. The number of carbonyl (C=O) groups is 1. The maximum Gasteiger partial charge on any atom is 0.255 e. The van der Waals surface area contributed by atoms with E-state index in [1.807, 2.05) is 0 Å². The summed E-state index contributed by atoms with van der Waals surface area (Å²) >= 11 is 0. The molecule has 7 nitrogen and oxygen atoms in total. The monoisotopic (exact) mass is 361 g/mol. The van der Waals surface area contributed by atoms with Crippen LogP contribution in [0.1, 0.15) is 16.8 Å². The van der Waals surface area contributed by atoms with Crippen molar-refractivity contribution in [2.75, 3.05) is 29.2 Å². The van der Waals surface area contributed by atoms with Gasteiger partial charge >= 0.3 is 0 Å². The summed E-state index contributed by atoms with van der Waals surface area (Å²) in [6.07, 6.45) is 2.07. The highest BCUT2D eigenvalue weighted by Crippen LogP contribution is 2.19. The van der Waals surface area contributed by atoms with Crippen LogP contribution < -0.4 is 15.4 Å². The van der Waals surface area contributed by atoms with E-state index >= 15 is 0 Å². The highest BCUT2D eigenvalue weighted by molar-refractivity contribution is 7.91. The van der Waals surface area contributed by atoms with Gasteiger partial charge in [-0.1, -0.05) is 6.07 Å². The van der Waals surface area contributed by atoms with Crippen molar-refractivity contribution in [2.24, 2.45) is 0 Å². The van der Waals surface area contributed by atoms with Crippen LogP contribution in [0.2, 0.25) is 0 Å². The summed E-state index contributed by atoms with van der Waals surface area (Å²) in [6.45, 7) is 0. The number of pyridine rings is 1. The van der Waals surface area contributed by atoms with E-state index in [4.69, 9.17) is 4.74 Å². The van der Waals surface area contributed by atoms with Gasteiger partial charge in [0.25, 0.3) is 5.91 Å². The molecule has 1 aromatic carbocycles. The Hall–Kier alpha value is -2.61. The zero-order valence-electron chi connectivity index (χ0n) is 13.7. The number of methoxy groups -OCH3 is 1. The Balaban J connectivity index is 1.69. The molecule has 0 aliphatic carbocycles. The normalized spacial score (nSPS) is 18.5. The molecule has 25 heavy (non-hydrogen) atoms. The number of anilines is 2. The number of amides is 1. The Morgan fingerprint density at radius 3 is 2.84 bits per heavy atom. The van der Waals surface area contributed by atoms with Crippen LogP contribution in [-0.4, -0.2) is 44.0 Å². The summed E-state index contributed by atoms with van der Waals surface area (Å²) in [5, 5.41) is 5.88. The number of hydrogen-bond donors (Lipinski definition) is 2. The van der Waals surface area contributed by atoms with Crippen LogP contribution in [0.5, 0.6) is 5.75 Å². The molecule has 8 heteroatoms. The van der Waals surface area contributed by atoms with Gasteiger partial charge in [-0.2, -0.15) is 0 Å². The van der Waals surface area contributed by atoms with Crippen LogP contribution in [0.3, 0.4) is 0 Å². The first kappa shape index (κ1) is 17.2. The van der Waals surface area contributed by atoms with Crippen LogP contribution in [0.25, 0.3) is 0 Å². The van der Waals surface area contributed by atoms with Crippen LogP contribution >= 0.6 is 0 Å². The molecule has 2 aromatic rings. The summed E-state index contributed by atoms with van der Waals surface area (Å²) in [5.74, 6) is 1.13. The van der Waals surface area contributed by atoms with E-state index in [0.717, 1.165) is 0 Å². The molecule has 1 aliphatic heterocycles. The molecule has 1 atom stereocenters. The predicted octanol–water partition coefficient (Wildman–Crippen LogP) is 1.94. The van der Waals surface area contributed by atoms with E-state index in [9.17, 15) is 13.2 Å². The molecule has 0 saturated carbocycles. The summed E-state index contributed by atoms with van der Waals surface area (Å²) in [5.41, 5.74) is 1.05. The van der Waals surface area contributed by atoms with E-state index in [0.29, 0.717) is 29.2 Å². The third-order valence-corrected chi connectivity index (χ3v) is 5.70. The lowest BCUT2D eigenvalue weighted by molar-refractivity contribution is 0.102. The van der Waals surface area contributed by atoms with Crippen molar-refractivity contribution >= 4 is 27.2 Å². The number of hydrogen-bond acceptors (Lipinski definition) is 6. The third-order valence-electron chi connectivity index (χ3n) is 3.93. The maximum absolute atomic E-state index is 12.4. The molecule has 1 amide bonds. The Morgan fingerprint density at radius 1 is 1.28 bits per heavy atom. The fraction of sp³-hybridized carbons (Fsp3) is 0.294. The predicted molar refractivity (Wildman–Crippen MR) is 95.9 cm³/mol. The molecule has 1 unspecified atom stereocenters. The molecular formula is C17H19N3O4S. The highest BCUT2D eigenvalue weighted by Gasteiger charge is 2.28. The zero-order chi connectivity index (χ0) is 17.9. The van der Waals surface area contributed by atoms with Crippen molar-refractivity contribution in [3.8, 4) is 5.75 Å². The second kappa shape index (κ2) is 7.10. The van der Waals surface area contributed by atoms with Gasteiger partial charge in [-0.05, 0) is 30.7 Å². The molecule has 1 fully saturated rings. The molecule has 0 spiro atoms. The fourth-order valence-corrected chi connectivity index (χ4v) is 4.35. The molecule has 0 bridgehead atoms. The van der Waals surface area contributed by atoms with Gasteiger partial charge in [-0.3, -0.25) is 4.79 Å². The number of sulfone groups is 1. The number of nitrogens with one attached hydrogen (secondary N) is 2. The van der Waals surface area contributed by atoms with Crippen molar-refractivity contribution in [3.05, 3.63) is 48.2 Å². The zero-order valence-corrected chi connectivity index (χ0v) is 14.5. The van der Waals surface area contributed by atoms with Crippen molar-refractivity contribution in [1.29, 1.82) is 0 Å². The van der Waals surface area contributed by atoms with Crippen molar-refractivity contribution in [2.45, 2.75) is 12.5 Å². The lowest BCUT2D eigenvalue weighted by Crippen LogP contribution is -2.21. The Labute approximate surface area is 146 Å². The first-order valence-corrected chi connectivity index (χ1v) is 9.66. The number of rotatable bonds is 5. The molecule has 1 aromatic heterocycles. The minimum absolute atomic E-state index is 0.0922. The van der Waals surface area contributed by atoms with Gasteiger partial charge < -0.3 is 15.4 Å². The number of aromatic nitrogens is 1. The SMILES string of the molecule is COc1cccc(NC(=O)c2ccnc(NC3CCS(=O)(=O)C3)c2)c1. The Bertz CT molecular complexity index is 883. The Kier molecular flexibility index (Phi) is 4.89. The van der Waals surface area contributed by atoms with E-state index in [2.05, 4.69) is 15.6 Å². The summed E-state index contributed by atoms with van der Waals surface area (Å²) in [4.78, 5) is 16.6. The van der Waals surface area contributed by atoms with Gasteiger partial charge in [-0.15, -0.1) is 0 Å². The fourth-order valence-electron chi connectivity index (χ4n) is 2.67. The van der Waals surface area contributed by atoms with E-state index < -0.39 is 9.84 Å². The van der Waals surface area contributed by atoms with Crippen molar-refractivity contribution in [1.82, 2.24) is 4.98 Å². The van der Waals surface area contributed by atoms with Crippen molar-refractivity contribution < 1.29 is 17.9 Å². The molecule has 1 saturated heterocycles. The topological polar surface area (TPSA) is 97.4 Å². The quantitative estimate of drug-likeness (QED) is 0.845. The van der Waals surface area contributed by atoms with Gasteiger partial charge in [0, 0.05) is 29.6 Å². The Morgan fingerprint density at radius 2 is 2.12 bits per heavy atom. The van der Waals surface area contributed by atoms with Gasteiger partial charge in [-0.25, -0.2) is 13.4 Å². The molecule has 2 heterocycles. The second-order valence-electron chi connectivity index (χ2n) is 5.86. The number of ether oxygens (including phenoxy) is 1. The maximum atomic E-state index is 12.4. The first-order valence-electron chi connectivity index (χ1n) is 7.83. The van der Waals surface area contributed by atoms with Crippen LogP contribution in [0, 0.1) is 0 Å². The standard InChI is InChI=1S/C17H19N3O4S/c1-24-15-4-2-3-13(10-15)20-17(21)12-5-7-18-16(9-12)19-14-6-8-25(22,23)11-14/h2-5,7,9-10,14H,6,8,11H2,1H3,(H,18,19)(H,20,21). The van der Waals surface area contributed by atoms with Gasteiger partial charge in [0.05, 0.1) is 18.6 Å².